The van der Waals surface area contributed by atoms with Crippen molar-refractivity contribution < 1.29 is 9.53 Å². The highest BCUT2D eigenvalue weighted by atomic mass is 32.1. The number of methoxy groups -OCH3 is 1. The van der Waals surface area contributed by atoms with Gasteiger partial charge in [0.05, 0.1) is 12.7 Å². The van der Waals surface area contributed by atoms with Crippen molar-refractivity contribution in [3.05, 3.63) is 45.8 Å². The highest BCUT2D eigenvalue weighted by molar-refractivity contribution is 7.08. The number of anilines is 1. The molecule has 0 fully saturated rings. The molecule has 2 rings (SSSR count). The minimum atomic E-state index is -0.354. The van der Waals surface area contributed by atoms with Crippen molar-refractivity contribution in [1.29, 1.82) is 0 Å². The number of nitrogens with zero attached hydrogens (tertiary/aromatic N) is 1. The highest BCUT2D eigenvalue weighted by Gasteiger charge is 2.06. The third-order valence-electron chi connectivity index (χ3n) is 2.60. The second-order valence-electron chi connectivity index (χ2n) is 3.85. The van der Waals surface area contributed by atoms with E-state index in [4.69, 9.17) is 0 Å². The Morgan fingerprint density at radius 2 is 2.33 bits per heavy atom. The van der Waals surface area contributed by atoms with Crippen molar-refractivity contribution in [2.75, 3.05) is 12.4 Å². The summed E-state index contributed by atoms with van der Waals surface area (Å²) < 4.78 is 4.67. The average Bonchev–Trinajstić information content (AvgIpc) is 2.81. The molecule has 2 aromatic rings. The van der Waals surface area contributed by atoms with Gasteiger partial charge in [0.15, 0.2) is 0 Å². The van der Waals surface area contributed by atoms with Crippen LogP contribution in [-0.2, 0) is 11.3 Å². The van der Waals surface area contributed by atoms with Crippen molar-refractivity contribution in [2.24, 2.45) is 0 Å². The molecule has 0 radical (unpaired) electrons. The van der Waals surface area contributed by atoms with E-state index in [1.165, 1.54) is 18.2 Å². The molecule has 0 spiro atoms. The summed E-state index contributed by atoms with van der Waals surface area (Å²) >= 11 is 1.68. The summed E-state index contributed by atoms with van der Waals surface area (Å²) in [4.78, 5) is 15.5. The molecule has 0 saturated carbocycles. The predicted molar refractivity (Wildman–Crippen MR) is 72.0 cm³/mol. The zero-order valence-electron chi connectivity index (χ0n) is 10.3. The van der Waals surface area contributed by atoms with Crippen molar-refractivity contribution in [2.45, 2.75) is 13.5 Å². The number of ether oxygens (including phenoxy) is 1. The molecule has 0 unspecified atom stereocenters. The van der Waals surface area contributed by atoms with E-state index in [-0.39, 0.29) is 5.97 Å². The molecule has 1 N–H and O–H groups in total. The summed E-state index contributed by atoms with van der Waals surface area (Å²) in [6, 6.07) is 3.32. The summed E-state index contributed by atoms with van der Waals surface area (Å²) in [5.41, 5.74) is 3.00. The number of aryl methyl sites for hydroxylation is 1. The number of esters is 1. The number of pyridine rings is 1. The summed E-state index contributed by atoms with van der Waals surface area (Å²) in [5.74, 6) is 0.315. The first-order valence-electron chi connectivity index (χ1n) is 5.50. The molecule has 0 saturated heterocycles. The van der Waals surface area contributed by atoms with Crippen LogP contribution < -0.4 is 5.32 Å². The maximum atomic E-state index is 11.4. The topological polar surface area (TPSA) is 51.2 Å². The van der Waals surface area contributed by atoms with Crippen molar-refractivity contribution in [3.8, 4) is 0 Å². The number of rotatable bonds is 4. The fourth-order valence-corrected chi connectivity index (χ4v) is 2.38. The monoisotopic (exact) mass is 262 g/mol. The lowest BCUT2D eigenvalue weighted by atomic mass is 10.2. The van der Waals surface area contributed by atoms with Gasteiger partial charge in [-0.3, -0.25) is 0 Å². The SMILES string of the molecule is COC(=O)c1ccnc(NCc2cscc2C)c1. The average molecular weight is 262 g/mol. The van der Waals surface area contributed by atoms with Gasteiger partial charge in [0.1, 0.15) is 5.82 Å². The summed E-state index contributed by atoms with van der Waals surface area (Å²) in [7, 11) is 1.37. The fourth-order valence-electron chi connectivity index (χ4n) is 1.53. The van der Waals surface area contributed by atoms with E-state index in [0.717, 1.165) is 0 Å². The molecule has 0 aromatic carbocycles. The number of hydrogen-bond donors (Lipinski definition) is 1. The molecule has 18 heavy (non-hydrogen) atoms. The molecule has 0 atom stereocenters. The molecule has 2 aromatic heterocycles. The van der Waals surface area contributed by atoms with E-state index in [0.29, 0.717) is 17.9 Å². The smallest absolute Gasteiger partial charge is 0.338 e. The highest BCUT2D eigenvalue weighted by Crippen LogP contribution is 2.15. The molecule has 0 amide bonds. The lowest BCUT2D eigenvalue weighted by molar-refractivity contribution is 0.0600. The second kappa shape index (κ2) is 5.64. The van der Waals surface area contributed by atoms with Crippen LogP contribution in [0.1, 0.15) is 21.5 Å². The molecule has 94 valence electrons. The van der Waals surface area contributed by atoms with Crippen molar-refractivity contribution in [1.82, 2.24) is 4.98 Å². The minimum absolute atomic E-state index is 0.354. The standard InChI is InChI=1S/C13H14N2O2S/c1-9-7-18-8-11(9)6-15-12-5-10(3-4-14-12)13(16)17-2/h3-5,7-8H,6H2,1-2H3,(H,14,15). The number of nitrogens with one attached hydrogen (secondary N) is 1. The van der Waals surface area contributed by atoms with Crippen LogP contribution in [0.25, 0.3) is 0 Å². The van der Waals surface area contributed by atoms with Gasteiger partial charge in [0, 0.05) is 12.7 Å². The normalized spacial score (nSPS) is 10.1. The summed E-state index contributed by atoms with van der Waals surface area (Å²) in [5, 5.41) is 7.41. The zero-order chi connectivity index (χ0) is 13.0. The largest absolute Gasteiger partial charge is 0.465 e. The van der Waals surface area contributed by atoms with E-state index in [1.54, 1.807) is 29.7 Å². The number of thiophene rings is 1. The molecule has 0 aliphatic heterocycles. The van der Waals surface area contributed by atoms with Crippen LogP contribution in [0.15, 0.2) is 29.1 Å². The Kier molecular flexibility index (Phi) is 3.94. The Morgan fingerprint density at radius 1 is 1.50 bits per heavy atom. The predicted octanol–water partition coefficient (Wildman–Crippen LogP) is 2.85. The van der Waals surface area contributed by atoms with Gasteiger partial charge < -0.3 is 10.1 Å². The van der Waals surface area contributed by atoms with Crippen LogP contribution >= 0.6 is 11.3 Å². The van der Waals surface area contributed by atoms with Gasteiger partial charge in [-0.2, -0.15) is 11.3 Å². The minimum Gasteiger partial charge on any atom is -0.465 e. The number of carbonyl (C=O) groups is 1. The van der Waals surface area contributed by atoms with E-state index in [1.807, 2.05) is 0 Å². The van der Waals surface area contributed by atoms with Crippen molar-refractivity contribution in [3.63, 3.8) is 0 Å². The van der Waals surface area contributed by atoms with Gasteiger partial charge in [0.2, 0.25) is 0 Å². The quantitative estimate of drug-likeness (QED) is 0.861. The fraction of sp³-hybridized carbons (Fsp3) is 0.231. The Labute approximate surface area is 110 Å². The Bertz CT molecular complexity index is 551. The Morgan fingerprint density at radius 3 is 3.00 bits per heavy atom. The van der Waals surface area contributed by atoms with Gasteiger partial charge >= 0.3 is 5.97 Å². The number of aromatic nitrogens is 1. The third kappa shape index (κ3) is 2.87. The lowest BCUT2D eigenvalue weighted by Gasteiger charge is -2.06. The maximum Gasteiger partial charge on any atom is 0.338 e. The molecular weight excluding hydrogens is 248 g/mol. The maximum absolute atomic E-state index is 11.4. The molecule has 2 heterocycles. The summed E-state index contributed by atoms with van der Waals surface area (Å²) in [6.07, 6.45) is 1.59. The Balaban J connectivity index is 2.06. The first kappa shape index (κ1) is 12.6. The van der Waals surface area contributed by atoms with Gasteiger partial charge in [-0.1, -0.05) is 0 Å². The summed E-state index contributed by atoms with van der Waals surface area (Å²) in [6.45, 7) is 2.78. The molecule has 0 bridgehead atoms. The van der Waals surface area contributed by atoms with Crippen molar-refractivity contribution >= 4 is 23.1 Å². The zero-order valence-corrected chi connectivity index (χ0v) is 11.1. The van der Waals surface area contributed by atoms with E-state index in [2.05, 4.69) is 32.7 Å². The van der Waals surface area contributed by atoms with Gasteiger partial charge in [0.25, 0.3) is 0 Å². The lowest BCUT2D eigenvalue weighted by Crippen LogP contribution is -2.05. The number of carbonyl (C=O) groups excluding carboxylic acids is 1. The van der Waals surface area contributed by atoms with Crippen LogP contribution in [0.2, 0.25) is 0 Å². The van der Waals surface area contributed by atoms with Crippen LogP contribution in [0.5, 0.6) is 0 Å². The van der Waals surface area contributed by atoms with E-state index < -0.39 is 0 Å². The Hall–Kier alpha value is -1.88. The molecule has 0 aliphatic carbocycles. The molecule has 5 heteroatoms. The van der Waals surface area contributed by atoms with Crippen LogP contribution in [0.4, 0.5) is 5.82 Å². The second-order valence-corrected chi connectivity index (χ2v) is 4.60. The molecule has 4 nitrogen and oxygen atoms in total. The van der Waals surface area contributed by atoms with E-state index in [9.17, 15) is 4.79 Å². The molecule has 0 aliphatic rings. The number of hydrogen-bond acceptors (Lipinski definition) is 5. The first-order chi connectivity index (χ1) is 8.70. The van der Waals surface area contributed by atoms with Crippen LogP contribution in [0.3, 0.4) is 0 Å². The van der Waals surface area contributed by atoms with Gasteiger partial charge in [-0.05, 0) is 40.9 Å². The van der Waals surface area contributed by atoms with Gasteiger partial charge in [-0.25, -0.2) is 9.78 Å². The van der Waals surface area contributed by atoms with Crippen LogP contribution in [0, 0.1) is 6.92 Å². The van der Waals surface area contributed by atoms with E-state index >= 15 is 0 Å². The third-order valence-corrected chi connectivity index (χ3v) is 3.51. The van der Waals surface area contributed by atoms with Crippen LogP contribution in [-0.4, -0.2) is 18.1 Å². The first-order valence-corrected chi connectivity index (χ1v) is 6.45. The molecular formula is C13H14N2O2S. The van der Waals surface area contributed by atoms with Gasteiger partial charge in [-0.15, -0.1) is 0 Å².